The molecule has 9 heteroatoms. The van der Waals surface area contributed by atoms with E-state index in [1.807, 2.05) is 47.4 Å². The summed E-state index contributed by atoms with van der Waals surface area (Å²) in [4.78, 5) is 33.4. The maximum atomic E-state index is 14.1. The van der Waals surface area contributed by atoms with Crippen molar-refractivity contribution in [1.29, 1.82) is 0 Å². The number of carbonyl (C=O) groups is 2. The molecular formula is C31H34FN3O5. The summed E-state index contributed by atoms with van der Waals surface area (Å²) in [6, 6.07) is 18.8. The van der Waals surface area contributed by atoms with Crippen LogP contribution in [0, 0.1) is 11.7 Å². The van der Waals surface area contributed by atoms with Crippen LogP contribution in [0.2, 0.25) is 0 Å². The number of methoxy groups -OCH3 is 3. The first kappa shape index (κ1) is 27.3. The molecule has 2 atom stereocenters. The van der Waals surface area contributed by atoms with Gasteiger partial charge in [0.25, 0.3) is 0 Å². The van der Waals surface area contributed by atoms with Gasteiger partial charge in [0.2, 0.25) is 11.8 Å². The molecule has 2 fully saturated rings. The molecule has 5 rings (SSSR count). The van der Waals surface area contributed by atoms with Crippen molar-refractivity contribution < 1.29 is 28.2 Å². The zero-order valence-corrected chi connectivity index (χ0v) is 23.0. The SMILES string of the molecule is COc1ccc(N2C(=O)CC[C@H](C(=O)N3CCN(c4ccc(F)cc4)CC3)[C@H]2c2ccc(OC)c(OC)c2)cc1. The van der Waals surface area contributed by atoms with Crippen LogP contribution < -0.4 is 24.0 Å². The quantitative estimate of drug-likeness (QED) is 0.428. The molecule has 2 heterocycles. The van der Waals surface area contributed by atoms with Gasteiger partial charge >= 0.3 is 0 Å². The highest BCUT2D eigenvalue weighted by molar-refractivity contribution is 5.97. The Kier molecular flexibility index (Phi) is 8.09. The summed E-state index contributed by atoms with van der Waals surface area (Å²) in [5, 5.41) is 0. The Bertz CT molecular complexity index is 1340. The Morgan fingerprint density at radius 2 is 1.45 bits per heavy atom. The standard InChI is InChI=1S/C31H34FN3O5/c1-38-25-11-9-24(10-12-25)35-29(36)15-13-26(30(35)21-4-14-27(39-2)28(20-21)40-3)31(37)34-18-16-33(17-19-34)23-7-5-22(32)6-8-23/h4-12,14,20,26,30H,13,15-19H2,1-3H3/t26-,30+/m0/s1. The van der Waals surface area contributed by atoms with Crippen LogP contribution in [0.4, 0.5) is 15.8 Å². The van der Waals surface area contributed by atoms with Crippen molar-refractivity contribution in [1.82, 2.24) is 4.90 Å². The van der Waals surface area contributed by atoms with Crippen LogP contribution in [0.25, 0.3) is 0 Å². The Morgan fingerprint density at radius 3 is 2.08 bits per heavy atom. The fraction of sp³-hybridized carbons (Fsp3) is 0.355. The molecule has 0 aliphatic carbocycles. The molecule has 2 saturated heterocycles. The first-order valence-electron chi connectivity index (χ1n) is 13.4. The Labute approximate surface area is 233 Å². The maximum absolute atomic E-state index is 14.1. The zero-order chi connectivity index (χ0) is 28.2. The van der Waals surface area contributed by atoms with E-state index in [1.165, 1.54) is 12.1 Å². The van der Waals surface area contributed by atoms with E-state index >= 15 is 0 Å². The summed E-state index contributed by atoms with van der Waals surface area (Å²) >= 11 is 0. The zero-order valence-electron chi connectivity index (χ0n) is 23.0. The number of ether oxygens (including phenoxy) is 3. The van der Waals surface area contributed by atoms with E-state index in [4.69, 9.17) is 14.2 Å². The number of hydrogen-bond donors (Lipinski definition) is 0. The normalized spacial score (nSPS) is 19.4. The second-order valence-electron chi connectivity index (χ2n) is 9.95. The molecule has 0 spiro atoms. The van der Waals surface area contributed by atoms with Crippen molar-refractivity contribution in [3.63, 3.8) is 0 Å². The number of halogens is 1. The van der Waals surface area contributed by atoms with Crippen LogP contribution in [0.3, 0.4) is 0 Å². The number of rotatable bonds is 7. The molecular weight excluding hydrogens is 513 g/mol. The third-order valence-corrected chi connectivity index (χ3v) is 7.80. The fourth-order valence-corrected chi connectivity index (χ4v) is 5.69. The molecule has 0 N–H and O–H groups in total. The van der Waals surface area contributed by atoms with Gasteiger partial charge in [-0.2, -0.15) is 0 Å². The van der Waals surface area contributed by atoms with Crippen LogP contribution >= 0.6 is 0 Å². The molecule has 3 aromatic rings. The molecule has 3 aromatic carbocycles. The number of hydrogen-bond acceptors (Lipinski definition) is 6. The monoisotopic (exact) mass is 547 g/mol. The highest BCUT2D eigenvalue weighted by Crippen LogP contribution is 2.43. The van der Waals surface area contributed by atoms with Crippen LogP contribution in [0.5, 0.6) is 17.2 Å². The average molecular weight is 548 g/mol. The predicted octanol–water partition coefficient (Wildman–Crippen LogP) is 4.68. The fourth-order valence-electron chi connectivity index (χ4n) is 5.69. The number of nitrogens with zero attached hydrogens (tertiary/aromatic N) is 3. The van der Waals surface area contributed by atoms with Crippen LogP contribution in [0.1, 0.15) is 24.4 Å². The first-order valence-corrected chi connectivity index (χ1v) is 13.4. The lowest BCUT2D eigenvalue weighted by Crippen LogP contribution is -2.54. The van der Waals surface area contributed by atoms with Crippen molar-refractivity contribution in [2.24, 2.45) is 5.92 Å². The van der Waals surface area contributed by atoms with E-state index in [2.05, 4.69) is 4.90 Å². The van der Waals surface area contributed by atoms with Gasteiger partial charge in [-0.15, -0.1) is 0 Å². The number of piperidine rings is 1. The molecule has 0 unspecified atom stereocenters. The van der Waals surface area contributed by atoms with E-state index < -0.39 is 12.0 Å². The minimum atomic E-state index is -0.530. The average Bonchev–Trinajstić information content (AvgIpc) is 3.00. The van der Waals surface area contributed by atoms with Gasteiger partial charge in [0.05, 0.1) is 33.3 Å². The predicted molar refractivity (Wildman–Crippen MR) is 151 cm³/mol. The van der Waals surface area contributed by atoms with Crippen molar-refractivity contribution in [2.75, 3.05) is 57.3 Å². The van der Waals surface area contributed by atoms with Crippen molar-refractivity contribution >= 4 is 23.2 Å². The highest BCUT2D eigenvalue weighted by Gasteiger charge is 2.43. The van der Waals surface area contributed by atoms with Gasteiger partial charge in [-0.3, -0.25) is 9.59 Å². The van der Waals surface area contributed by atoms with Gasteiger partial charge in [0.15, 0.2) is 11.5 Å². The smallest absolute Gasteiger partial charge is 0.228 e. The molecule has 0 radical (unpaired) electrons. The van der Waals surface area contributed by atoms with Crippen LogP contribution in [0.15, 0.2) is 66.7 Å². The van der Waals surface area contributed by atoms with E-state index in [0.717, 1.165) is 11.3 Å². The topological polar surface area (TPSA) is 71.6 Å². The van der Waals surface area contributed by atoms with Gasteiger partial charge in [-0.05, 0) is 72.6 Å². The lowest BCUT2D eigenvalue weighted by molar-refractivity contribution is -0.138. The molecule has 2 aliphatic rings. The van der Waals surface area contributed by atoms with E-state index in [9.17, 15) is 14.0 Å². The lowest BCUT2D eigenvalue weighted by Gasteiger charge is -2.44. The summed E-state index contributed by atoms with van der Waals surface area (Å²) in [5.41, 5.74) is 2.43. The van der Waals surface area contributed by atoms with Crippen LogP contribution in [-0.2, 0) is 9.59 Å². The number of piperazine rings is 1. The summed E-state index contributed by atoms with van der Waals surface area (Å²) in [7, 11) is 4.74. The van der Waals surface area contributed by atoms with Crippen LogP contribution in [-0.4, -0.2) is 64.2 Å². The molecule has 0 saturated carbocycles. The summed E-state index contributed by atoms with van der Waals surface area (Å²) in [5.74, 6) is 1.04. The number of carbonyl (C=O) groups excluding carboxylic acids is 2. The molecule has 210 valence electrons. The third-order valence-electron chi connectivity index (χ3n) is 7.80. The molecule has 8 nitrogen and oxygen atoms in total. The summed E-state index contributed by atoms with van der Waals surface area (Å²) < 4.78 is 29.7. The minimum Gasteiger partial charge on any atom is -0.497 e. The van der Waals surface area contributed by atoms with Gasteiger partial charge in [-0.25, -0.2) is 4.39 Å². The van der Waals surface area contributed by atoms with Crippen molar-refractivity contribution in [2.45, 2.75) is 18.9 Å². The van der Waals surface area contributed by atoms with Crippen molar-refractivity contribution in [3.05, 3.63) is 78.1 Å². The van der Waals surface area contributed by atoms with Gasteiger partial charge in [-0.1, -0.05) is 6.07 Å². The second kappa shape index (κ2) is 11.9. The minimum absolute atomic E-state index is 0.0181. The largest absolute Gasteiger partial charge is 0.497 e. The Hall–Kier alpha value is -4.27. The molecule has 0 bridgehead atoms. The summed E-state index contributed by atoms with van der Waals surface area (Å²) in [6.07, 6.45) is 0.712. The summed E-state index contributed by atoms with van der Waals surface area (Å²) in [6.45, 7) is 2.38. The molecule has 2 aliphatic heterocycles. The first-order chi connectivity index (χ1) is 19.4. The Morgan fingerprint density at radius 1 is 0.800 bits per heavy atom. The third kappa shape index (κ3) is 5.41. The maximum Gasteiger partial charge on any atom is 0.228 e. The van der Waals surface area contributed by atoms with Gasteiger partial charge in [0, 0.05) is 44.0 Å². The number of anilines is 2. The van der Waals surface area contributed by atoms with Gasteiger partial charge < -0.3 is 28.9 Å². The van der Waals surface area contributed by atoms with E-state index in [-0.39, 0.29) is 24.1 Å². The van der Waals surface area contributed by atoms with E-state index in [0.29, 0.717) is 55.5 Å². The lowest BCUT2D eigenvalue weighted by atomic mass is 9.82. The number of benzene rings is 3. The molecule has 2 amide bonds. The second-order valence-corrected chi connectivity index (χ2v) is 9.95. The van der Waals surface area contributed by atoms with Gasteiger partial charge in [0.1, 0.15) is 11.6 Å². The highest BCUT2D eigenvalue weighted by atomic mass is 19.1. The Balaban J connectivity index is 1.45. The van der Waals surface area contributed by atoms with E-state index in [1.54, 1.807) is 38.4 Å². The molecule has 0 aromatic heterocycles. The van der Waals surface area contributed by atoms with Crippen molar-refractivity contribution in [3.8, 4) is 17.2 Å². The molecule has 40 heavy (non-hydrogen) atoms. The number of amides is 2.